The number of nitrogens with two attached hydrogens (primary N) is 1. The van der Waals surface area contributed by atoms with Gasteiger partial charge in [-0.2, -0.15) is 5.10 Å². The summed E-state index contributed by atoms with van der Waals surface area (Å²) in [7, 11) is 1.85. The van der Waals surface area contributed by atoms with Gasteiger partial charge in [-0.15, -0.1) is 0 Å². The fourth-order valence-electron chi connectivity index (χ4n) is 1.84. The molecule has 19 heavy (non-hydrogen) atoms. The van der Waals surface area contributed by atoms with E-state index in [9.17, 15) is 4.79 Å². The molecule has 0 unspecified atom stereocenters. The quantitative estimate of drug-likeness (QED) is 0.849. The van der Waals surface area contributed by atoms with Crippen LogP contribution in [0.1, 0.15) is 21.6 Å². The van der Waals surface area contributed by atoms with Crippen LogP contribution >= 0.6 is 15.9 Å². The smallest absolute Gasteiger partial charge is 0.251 e. The van der Waals surface area contributed by atoms with E-state index in [2.05, 4.69) is 26.3 Å². The maximum atomic E-state index is 12.0. The first-order valence-corrected chi connectivity index (χ1v) is 6.58. The molecule has 2 rings (SSSR count). The number of nitrogens with zero attached hydrogens (tertiary/aromatic N) is 2. The monoisotopic (exact) mass is 322 g/mol. The molecule has 0 saturated heterocycles. The van der Waals surface area contributed by atoms with Crippen molar-refractivity contribution in [1.29, 1.82) is 0 Å². The van der Waals surface area contributed by atoms with E-state index in [1.807, 2.05) is 20.2 Å². The molecule has 1 aromatic heterocycles. The van der Waals surface area contributed by atoms with Crippen molar-refractivity contribution in [3.8, 4) is 0 Å². The first-order valence-electron chi connectivity index (χ1n) is 5.79. The summed E-state index contributed by atoms with van der Waals surface area (Å²) in [6.07, 6.45) is 1.89. The van der Waals surface area contributed by atoms with Crippen LogP contribution in [-0.2, 0) is 13.6 Å². The molecule has 3 N–H and O–H groups in total. The Balaban J connectivity index is 2.07. The number of halogens is 1. The largest absolute Gasteiger partial charge is 0.399 e. The van der Waals surface area contributed by atoms with Crippen molar-refractivity contribution in [2.75, 3.05) is 5.73 Å². The number of aromatic nitrogens is 2. The van der Waals surface area contributed by atoms with Crippen LogP contribution < -0.4 is 11.1 Å². The van der Waals surface area contributed by atoms with E-state index < -0.39 is 0 Å². The molecular formula is C13H15BrN4O. The second-order valence-electron chi connectivity index (χ2n) is 4.37. The van der Waals surface area contributed by atoms with Gasteiger partial charge in [-0.25, -0.2) is 0 Å². The van der Waals surface area contributed by atoms with Gasteiger partial charge in [0.15, 0.2) is 0 Å². The lowest BCUT2D eigenvalue weighted by Gasteiger charge is -2.06. The molecule has 1 aromatic carbocycles. The van der Waals surface area contributed by atoms with E-state index in [1.165, 1.54) is 0 Å². The molecule has 2 aromatic rings. The lowest BCUT2D eigenvalue weighted by atomic mass is 10.2. The highest BCUT2D eigenvalue weighted by molar-refractivity contribution is 9.10. The van der Waals surface area contributed by atoms with Gasteiger partial charge in [-0.05, 0) is 25.1 Å². The molecule has 0 fully saturated rings. The Labute approximate surface area is 119 Å². The first-order chi connectivity index (χ1) is 8.95. The average molecular weight is 323 g/mol. The molecule has 0 aliphatic carbocycles. The normalized spacial score (nSPS) is 10.5. The summed E-state index contributed by atoms with van der Waals surface area (Å²) in [6, 6.07) is 5.14. The number of carbonyl (C=O) groups excluding carboxylic acids is 1. The third-order valence-corrected chi connectivity index (χ3v) is 3.19. The number of nitrogens with one attached hydrogen (secondary N) is 1. The summed E-state index contributed by atoms with van der Waals surface area (Å²) in [5, 5.41) is 7.08. The van der Waals surface area contributed by atoms with Gasteiger partial charge in [0, 0.05) is 41.1 Å². The molecule has 0 atom stereocenters. The summed E-state index contributed by atoms with van der Waals surface area (Å²) >= 11 is 3.32. The van der Waals surface area contributed by atoms with Crippen molar-refractivity contribution >= 4 is 27.5 Å². The summed E-state index contributed by atoms with van der Waals surface area (Å²) in [4.78, 5) is 12.0. The number of rotatable bonds is 3. The molecule has 0 spiro atoms. The molecule has 1 amide bonds. The topological polar surface area (TPSA) is 72.9 Å². The van der Waals surface area contributed by atoms with Crippen LogP contribution in [0.2, 0.25) is 0 Å². The van der Waals surface area contributed by atoms with Gasteiger partial charge in [-0.3, -0.25) is 9.48 Å². The second-order valence-corrected chi connectivity index (χ2v) is 5.29. The minimum atomic E-state index is -0.156. The number of aryl methyl sites for hydroxylation is 2. The SMILES string of the molecule is Cc1nn(C)cc1CNC(=O)c1cc(N)cc(Br)c1. The van der Waals surface area contributed by atoms with Crippen LogP contribution in [0.5, 0.6) is 0 Å². The number of carbonyl (C=O) groups is 1. The molecule has 0 bridgehead atoms. The van der Waals surface area contributed by atoms with Gasteiger partial charge >= 0.3 is 0 Å². The maximum Gasteiger partial charge on any atom is 0.251 e. The van der Waals surface area contributed by atoms with Crippen molar-refractivity contribution in [3.63, 3.8) is 0 Å². The number of anilines is 1. The van der Waals surface area contributed by atoms with Crippen molar-refractivity contribution in [2.45, 2.75) is 13.5 Å². The molecule has 5 nitrogen and oxygen atoms in total. The molecule has 100 valence electrons. The Kier molecular flexibility index (Phi) is 3.90. The van der Waals surface area contributed by atoms with Crippen LogP contribution in [0.4, 0.5) is 5.69 Å². The van der Waals surface area contributed by atoms with Crippen LogP contribution in [-0.4, -0.2) is 15.7 Å². The second kappa shape index (κ2) is 5.44. The molecule has 0 saturated carbocycles. The number of hydrogen-bond acceptors (Lipinski definition) is 3. The number of amides is 1. The average Bonchev–Trinajstić information content (AvgIpc) is 2.63. The van der Waals surface area contributed by atoms with E-state index >= 15 is 0 Å². The zero-order valence-electron chi connectivity index (χ0n) is 10.8. The third kappa shape index (κ3) is 3.35. The van der Waals surface area contributed by atoms with Gasteiger partial charge in [-0.1, -0.05) is 15.9 Å². The predicted octanol–water partition coefficient (Wildman–Crippen LogP) is 2.00. The van der Waals surface area contributed by atoms with Gasteiger partial charge in [0.25, 0.3) is 5.91 Å². The highest BCUT2D eigenvalue weighted by Crippen LogP contribution is 2.17. The van der Waals surface area contributed by atoms with Crippen LogP contribution in [0.3, 0.4) is 0 Å². The fraction of sp³-hybridized carbons (Fsp3) is 0.231. The first kappa shape index (κ1) is 13.6. The lowest BCUT2D eigenvalue weighted by molar-refractivity contribution is 0.0951. The number of benzene rings is 1. The lowest BCUT2D eigenvalue weighted by Crippen LogP contribution is -2.23. The Morgan fingerprint density at radius 2 is 2.21 bits per heavy atom. The summed E-state index contributed by atoms with van der Waals surface area (Å²) in [6.45, 7) is 2.36. The fourth-order valence-corrected chi connectivity index (χ4v) is 2.35. The van der Waals surface area contributed by atoms with Crippen molar-refractivity contribution in [2.24, 2.45) is 7.05 Å². The summed E-state index contributed by atoms with van der Waals surface area (Å²) < 4.78 is 2.52. The van der Waals surface area contributed by atoms with Crippen LogP contribution in [0, 0.1) is 6.92 Å². The Morgan fingerprint density at radius 3 is 2.79 bits per heavy atom. The Bertz CT molecular complexity index is 601. The highest BCUT2D eigenvalue weighted by atomic mass is 79.9. The Morgan fingerprint density at radius 1 is 1.47 bits per heavy atom. The van der Waals surface area contributed by atoms with Crippen molar-refractivity contribution < 1.29 is 4.79 Å². The molecule has 0 aliphatic heterocycles. The zero-order valence-corrected chi connectivity index (χ0v) is 12.4. The molecule has 0 aliphatic rings. The minimum Gasteiger partial charge on any atom is -0.399 e. The van der Waals surface area contributed by atoms with E-state index in [0.717, 1.165) is 15.7 Å². The van der Waals surface area contributed by atoms with E-state index in [0.29, 0.717) is 17.8 Å². The molecule has 1 heterocycles. The van der Waals surface area contributed by atoms with E-state index in [1.54, 1.807) is 22.9 Å². The Hall–Kier alpha value is -1.82. The molecule has 6 heteroatoms. The van der Waals surface area contributed by atoms with Crippen LogP contribution in [0.25, 0.3) is 0 Å². The molecular weight excluding hydrogens is 308 g/mol. The van der Waals surface area contributed by atoms with E-state index in [-0.39, 0.29) is 5.91 Å². The van der Waals surface area contributed by atoms with Gasteiger partial charge in [0.2, 0.25) is 0 Å². The minimum absolute atomic E-state index is 0.156. The summed E-state index contributed by atoms with van der Waals surface area (Å²) in [5.41, 5.74) is 8.71. The highest BCUT2D eigenvalue weighted by Gasteiger charge is 2.09. The van der Waals surface area contributed by atoms with E-state index in [4.69, 9.17) is 5.73 Å². The van der Waals surface area contributed by atoms with Gasteiger partial charge in [0.05, 0.1) is 5.69 Å². The third-order valence-electron chi connectivity index (χ3n) is 2.74. The van der Waals surface area contributed by atoms with Crippen molar-refractivity contribution in [3.05, 3.63) is 45.7 Å². The maximum absolute atomic E-state index is 12.0. The van der Waals surface area contributed by atoms with Crippen LogP contribution in [0.15, 0.2) is 28.9 Å². The zero-order chi connectivity index (χ0) is 14.0. The number of hydrogen-bond donors (Lipinski definition) is 2. The number of nitrogen functional groups attached to an aromatic ring is 1. The van der Waals surface area contributed by atoms with Crippen molar-refractivity contribution in [1.82, 2.24) is 15.1 Å². The molecule has 0 radical (unpaired) electrons. The summed E-state index contributed by atoms with van der Waals surface area (Å²) in [5.74, 6) is -0.156. The van der Waals surface area contributed by atoms with Gasteiger partial charge < -0.3 is 11.1 Å². The standard InChI is InChI=1S/C13H15BrN4O/c1-8-10(7-18(2)17-8)6-16-13(19)9-3-11(14)5-12(15)4-9/h3-5,7H,6,15H2,1-2H3,(H,16,19). The predicted molar refractivity (Wildman–Crippen MR) is 77.7 cm³/mol. The van der Waals surface area contributed by atoms with Gasteiger partial charge in [0.1, 0.15) is 0 Å².